The second-order valence-corrected chi connectivity index (χ2v) is 7.87. The highest BCUT2D eigenvalue weighted by Gasteiger charge is 2.40. The van der Waals surface area contributed by atoms with Gasteiger partial charge < -0.3 is 15.6 Å². The Bertz CT molecular complexity index is 979. The van der Waals surface area contributed by atoms with E-state index in [0.717, 1.165) is 38.3 Å². The van der Waals surface area contributed by atoms with Crippen LogP contribution in [-0.2, 0) is 6.42 Å². The van der Waals surface area contributed by atoms with Gasteiger partial charge in [0.05, 0.1) is 6.04 Å². The molecule has 3 N–H and O–H groups in total. The standard InChI is InChI=1S/C23H27N5O/c29-23-26-16-22(28(23)18-6-2-1-3-7-18)21(27-13-11-24-12-14-27)15-17-5-4-8-20-19(17)9-10-25-20/h1-10,21-22,24-25H,11-16H2,(H,26,29). The van der Waals surface area contributed by atoms with Crippen LogP contribution in [0, 0.1) is 0 Å². The van der Waals surface area contributed by atoms with Gasteiger partial charge in [-0.3, -0.25) is 9.80 Å². The van der Waals surface area contributed by atoms with Gasteiger partial charge in [0.15, 0.2) is 0 Å². The molecule has 5 rings (SSSR count). The molecule has 2 fully saturated rings. The van der Waals surface area contributed by atoms with Crippen molar-refractivity contribution in [1.29, 1.82) is 0 Å². The van der Waals surface area contributed by atoms with Gasteiger partial charge in [-0.15, -0.1) is 0 Å². The van der Waals surface area contributed by atoms with Crippen molar-refractivity contribution >= 4 is 22.6 Å². The van der Waals surface area contributed by atoms with Crippen molar-refractivity contribution in [2.45, 2.75) is 18.5 Å². The Morgan fingerprint density at radius 3 is 2.66 bits per heavy atom. The molecule has 6 heteroatoms. The lowest BCUT2D eigenvalue weighted by molar-refractivity contribution is 0.153. The SMILES string of the molecule is O=C1NCC(C(Cc2cccc3[nH]ccc23)N2CCNCC2)N1c1ccccc1. The minimum atomic E-state index is 0.00110. The fraction of sp³-hybridized carbons (Fsp3) is 0.348. The number of piperazine rings is 1. The maximum Gasteiger partial charge on any atom is 0.322 e. The van der Waals surface area contributed by atoms with Gasteiger partial charge in [0, 0.05) is 61.6 Å². The summed E-state index contributed by atoms with van der Waals surface area (Å²) in [5, 5.41) is 7.83. The topological polar surface area (TPSA) is 63.4 Å². The lowest BCUT2D eigenvalue weighted by Crippen LogP contribution is -2.57. The summed E-state index contributed by atoms with van der Waals surface area (Å²) in [6.07, 6.45) is 2.92. The van der Waals surface area contributed by atoms with Gasteiger partial charge in [-0.25, -0.2) is 4.79 Å². The summed E-state index contributed by atoms with van der Waals surface area (Å²) in [6, 6.07) is 19.0. The van der Waals surface area contributed by atoms with E-state index in [9.17, 15) is 4.79 Å². The quantitative estimate of drug-likeness (QED) is 0.629. The molecule has 2 aromatic carbocycles. The molecule has 0 aliphatic carbocycles. The molecular weight excluding hydrogens is 362 g/mol. The molecule has 3 aromatic rings. The summed E-state index contributed by atoms with van der Waals surface area (Å²) < 4.78 is 0. The van der Waals surface area contributed by atoms with Crippen molar-refractivity contribution < 1.29 is 4.79 Å². The lowest BCUT2D eigenvalue weighted by Gasteiger charge is -2.40. The second-order valence-electron chi connectivity index (χ2n) is 7.87. The molecule has 2 saturated heterocycles. The first kappa shape index (κ1) is 18.2. The normalized spacial score (nSPS) is 21.4. The van der Waals surface area contributed by atoms with E-state index >= 15 is 0 Å². The number of amides is 2. The van der Waals surface area contributed by atoms with E-state index in [0.29, 0.717) is 6.54 Å². The molecule has 2 amide bonds. The molecule has 150 valence electrons. The summed E-state index contributed by atoms with van der Waals surface area (Å²) in [4.78, 5) is 20.6. The van der Waals surface area contributed by atoms with Crippen LogP contribution in [0.25, 0.3) is 10.9 Å². The second kappa shape index (κ2) is 7.89. The molecule has 29 heavy (non-hydrogen) atoms. The number of H-pyrrole nitrogens is 1. The van der Waals surface area contributed by atoms with E-state index in [1.807, 2.05) is 41.4 Å². The summed E-state index contributed by atoms with van der Waals surface area (Å²) in [7, 11) is 0. The number of nitrogens with one attached hydrogen (secondary N) is 3. The third-order valence-electron chi connectivity index (χ3n) is 6.23. The number of rotatable bonds is 5. The predicted octanol–water partition coefficient (Wildman–Crippen LogP) is 2.58. The Morgan fingerprint density at radius 2 is 1.83 bits per heavy atom. The highest BCUT2D eigenvalue weighted by molar-refractivity contribution is 5.95. The van der Waals surface area contributed by atoms with E-state index < -0.39 is 0 Å². The van der Waals surface area contributed by atoms with Gasteiger partial charge in [-0.05, 0) is 36.2 Å². The summed E-state index contributed by atoms with van der Waals surface area (Å²) in [5.74, 6) is 0. The summed E-state index contributed by atoms with van der Waals surface area (Å²) >= 11 is 0. The number of benzene rings is 2. The van der Waals surface area contributed by atoms with Crippen LogP contribution in [-0.4, -0.2) is 60.7 Å². The Balaban J connectivity index is 1.51. The fourth-order valence-electron chi connectivity index (χ4n) is 4.80. The van der Waals surface area contributed by atoms with E-state index in [1.54, 1.807) is 0 Å². The van der Waals surface area contributed by atoms with E-state index in [-0.39, 0.29) is 18.1 Å². The lowest BCUT2D eigenvalue weighted by atomic mass is 9.94. The number of aromatic nitrogens is 1. The third-order valence-corrected chi connectivity index (χ3v) is 6.23. The van der Waals surface area contributed by atoms with E-state index in [2.05, 4.69) is 44.8 Å². The number of fused-ring (bicyclic) bond motifs is 1. The van der Waals surface area contributed by atoms with Gasteiger partial charge in [0.2, 0.25) is 0 Å². The molecular formula is C23H27N5O. The monoisotopic (exact) mass is 389 g/mol. The molecule has 3 heterocycles. The number of carbonyl (C=O) groups is 1. The van der Waals surface area contributed by atoms with E-state index in [1.165, 1.54) is 16.5 Å². The highest BCUT2D eigenvalue weighted by Crippen LogP contribution is 2.28. The first-order valence-corrected chi connectivity index (χ1v) is 10.4. The van der Waals surface area contributed by atoms with Gasteiger partial charge in [0.1, 0.15) is 0 Å². The molecule has 2 atom stereocenters. The molecule has 6 nitrogen and oxygen atoms in total. The van der Waals surface area contributed by atoms with Gasteiger partial charge in [-0.2, -0.15) is 0 Å². The largest absolute Gasteiger partial charge is 0.361 e. The van der Waals surface area contributed by atoms with Crippen LogP contribution in [0.3, 0.4) is 0 Å². The molecule has 2 aliphatic rings. The number of nitrogens with zero attached hydrogens (tertiary/aromatic N) is 2. The van der Waals surface area contributed by atoms with Crippen molar-refractivity contribution in [2.24, 2.45) is 0 Å². The number of aromatic amines is 1. The molecule has 0 bridgehead atoms. The van der Waals surface area contributed by atoms with Gasteiger partial charge in [0.25, 0.3) is 0 Å². The highest BCUT2D eigenvalue weighted by atomic mass is 16.2. The number of hydrogen-bond acceptors (Lipinski definition) is 3. The van der Waals surface area contributed by atoms with Crippen LogP contribution in [0.15, 0.2) is 60.8 Å². The molecule has 2 unspecified atom stereocenters. The van der Waals surface area contributed by atoms with Crippen LogP contribution in [0.4, 0.5) is 10.5 Å². The maximum atomic E-state index is 12.8. The zero-order valence-corrected chi connectivity index (χ0v) is 16.5. The Kier molecular flexibility index (Phi) is 4.96. The molecule has 0 radical (unpaired) electrons. The van der Waals surface area contributed by atoms with Crippen LogP contribution in [0.1, 0.15) is 5.56 Å². The Hall–Kier alpha value is -2.83. The van der Waals surface area contributed by atoms with Crippen molar-refractivity contribution in [2.75, 3.05) is 37.6 Å². The number of carbonyl (C=O) groups excluding carboxylic acids is 1. The number of anilines is 1. The van der Waals surface area contributed by atoms with Crippen LogP contribution in [0.5, 0.6) is 0 Å². The number of hydrogen-bond donors (Lipinski definition) is 3. The number of urea groups is 1. The number of para-hydroxylation sites is 1. The fourth-order valence-corrected chi connectivity index (χ4v) is 4.80. The van der Waals surface area contributed by atoms with Crippen LogP contribution in [0.2, 0.25) is 0 Å². The average Bonchev–Trinajstić information content (AvgIpc) is 3.40. The zero-order valence-electron chi connectivity index (χ0n) is 16.5. The smallest absolute Gasteiger partial charge is 0.322 e. The molecule has 0 spiro atoms. The van der Waals surface area contributed by atoms with Crippen LogP contribution >= 0.6 is 0 Å². The van der Waals surface area contributed by atoms with Crippen molar-refractivity contribution in [3.63, 3.8) is 0 Å². The molecule has 1 aromatic heterocycles. The first-order valence-electron chi connectivity index (χ1n) is 10.4. The molecule has 2 aliphatic heterocycles. The minimum absolute atomic E-state index is 0.00110. The van der Waals surface area contributed by atoms with Crippen molar-refractivity contribution in [3.05, 3.63) is 66.4 Å². The average molecular weight is 390 g/mol. The summed E-state index contributed by atoms with van der Waals surface area (Å²) in [6.45, 7) is 4.65. The van der Waals surface area contributed by atoms with Crippen LogP contribution < -0.4 is 15.5 Å². The predicted molar refractivity (Wildman–Crippen MR) is 116 cm³/mol. The van der Waals surface area contributed by atoms with Crippen molar-refractivity contribution in [3.8, 4) is 0 Å². The van der Waals surface area contributed by atoms with Crippen molar-refractivity contribution in [1.82, 2.24) is 20.5 Å². The Labute approximate surface area is 170 Å². The maximum absolute atomic E-state index is 12.8. The minimum Gasteiger partial charge on any atom is -0.361 e. The zero-order chi connectivity index (χ0) is 19.6. The first-order chi connectivity index (χ1) is 14.3. The summed E-state index contributed by atoms with van der Waals surface area (Å²) in [5.41, 5.74) is 3.47. The third kappa shape index (κ3) is 3.50. The Morgan fingerprint density at radius 1 is 1.00 bits per heavy atom. The van der Waals surface area contributed by atoms with E-state index in [4.69, 9.17) is 0 Å². The van der Waals surface area contributed by atoms with Gasteiger partial charge >= 0.3 is 6.03 Å². The van der Waals surface area contributed by atoms with Gasteiger partial charge in [-0.1, -0.05) is 30.3 Å². The molecule has 0 saturated carbocycles.